The molecule has 0 saturated heterocycles. The summed E-state index contributed by atoms with van der Waals surface area (Å²) >= 11 is 0. The lowest BCUT2D eigenvalue weighted by atomic mass is 9.97. The lowest BCUT2D eigenvalue weighted by Gasteiger charge is -2.18. The highest BCUT2D eigenvalue weighted by Crippen LogP contribution is 2.39. The number of ketones is 1. The first-order chi connectivity index (χ1) is 11.7. The highest BCUT2D eigenvalue weighted by Gasteiger charge is 2.30. The number of carbonyl (C=O) groups is 2. The van der Waals surface area contributed by atoms with Crippen molar-refractivity contribution in [2.45, 2.75) is 19.9 Å². The van der Waals surface area contributed by atoms with Crippen molar-refractivity contribution < 1.29 is 9.59 Å². The third-order valence-corrected chi connectivity index (χ3v) is 4.59. The van der Waals surface area contributed by atoms with Gasteiger partial charge in [-0.25, -0.2) is 0 Å². The number of hydrogen-bond donors (Lipinski definition) is 0. The van der Waals surface area contributed by atoms with E-state index in [1.54, 1.807) is 4.90 Å². The van der Waals surface area contributed by atoms with E-state index in [9.17, 15) is 9.59 Å². The van der Waals surface area contributed by atoms with E-state index in [4.69, 9.17) is 0 Å². The molecule has 3 aromatic rings. The third kappa shape index (κ3) is 2.13. The zero-order valence-corrected chi connectivity index (χ0v) is 13.5. The summed E-state index contributed by atoms with van der Waals surface area (Å²) < 4.78 is 0. The minimum Gasteiger partial charge on any atom is -0.303 e. The van der Waals surface area contributed by atoms with Crippen LogP contribution in [0.1, 0.15) is 39.6 Å². The number of nitrogens with zero attached hydrogens (tertiary/aromatic N) is 1. The van der Waals surface area contributed by atoms with Crippen molar-refractivity contribution in [2.75, 3.05) is 4.90 Å². The molecule has 0 spiro atoms. The van der Waals surface area contributed by atoms with Crippen LogP contribution in [-0.2, 0) is 6.54 Å². The van der Waals surface area contributed by atoms with Gasteiger partial charge in [-0.15, -0.1) is 0 Å². The standard InChI is InChI=1S/C21H17NO2/c1-2-19(23)15-11-12-18-20-16(15)9-6-10-17(20)21(24)22(18)13-14-7-4-3-5-8-14/h3-12H,2,13H2,1H3. The Morgan fingerprint density at radius 2 is 1.75 bits per heavy atom. The van der Waals surface area contributed by atoms with E-state index in [0.717, 1.165) is 22.0 Å². The Balaban J connectivity index is 1.87. The molecule has 1 amide bonds. The van der Waals surface area contributed by atoms with Crippen LogP contribution in [0.15, 0.2) is 60.7 Å². The Kier molecular flexibility index (Phi) is 3.42. The van der Waals surface area contributed by atoms with E-state index in [0.29, 0.717) is 24.1 Å². The van der Waals surface area contributed by atoms with Gasteiger partial charge >= 0.3 is 0 Å². The molecule has 0 bridgehead atoms. The van der Waals surface area contributed by atoms with Crippen molar-refractivity contribution in [1.82, 2.24) is 0 Å². The third-order valence-electron chi connectivity index (χ3n) is 4.59. The summed E-state index contributed by atoms with van der Waals surface area (Å²) in [5.74, 6) is 0.105. The van der Waals surface area contributed by atoms with Gasteiger partial charge in [-0.2, -0.15) is 0 Å². The zero-order valence-electron chi connectivity index (χ0n) is 13.5. The van der Waals surface area contributed by atoms with Crippen molar-refractivity contribution >= 4 is 28.2 Å². The molecule has 1 heterocycles. The summed E-state index contributed by atoms with van der Waals surface area (Å²) in [5, 5.41) is 1.78. The predicted molar refractivity (Wildman–Crippen MR) is 95.5 cm³/mol. The summed E-state index contributed by atoms with van der Waals surface area (Å²) in [7, 11) is 0. The maximum atomic E-state index is 12.9. The molecule has 4 rings (SSSR count). The molecule has 0 atom stereocenters. The van der Waals surface area contributed by atoms with Gasteiger partial charge in [0.15, 0.2) is 5.78 Å². The van der Waals surface area contributed by atoms with Crippen LogP contribution >= 0.6 is 0 Å². The van der Waals surface area contributed by atoms with Crippen LogP contribution in [0, 0.1) is 0 Å². The van der Waals surface area contributed by atoms with Gasteiger partial charge in [-0.1, -0.05) is 49.4 Å². The first-order valence-corrected chi connectivity index (χ1v) is 8.15. The Labute approximate surface area is 140 Å². The van der Waals surface area contributed by atoms with Gasteiger partial charge in [-0.05, 0) is 29.1 Å². The Morgan fingerprint density at radius 3 is 2.50 bits per heavy atom. The number of rotatable bonds is 4. The van der Waals surface area contributed by atoms with Crippen LogP contribution in [0.3, 0.4) is 0 Å². The molecule has 0 fully saturated rings. The van der Waals surface area contributed by atoms with E-state index in [1.165, 1.54) is 0 Å². The highest BCUT2D eigenvalue weighted by atomic mass is 16.2. The molecule has 1 aliphatic rings. The van der Waals surface area contributed by atoms with E-state index in [2.05, 4.69) is 0 Å². The minimum absolute atomic E-state index is 0.000510. The molecule has 0 aromatic heterocycles. The fourth-order valence-corrected chi connectivity index (χ4v) is 3.40. The van der Waals surface area contributed by atoms with E-state index in [-0.39, 0.29) is 11.7 Å². The van der Waals surface area contributed by atoms with Crippen molar-refractivity contribution in [3.8, 4) is 0 Å². The van der Waals surface area contributed by atoms with Crippen molar-refractivity contribution in [1.29, 1.82) is 0 Å². The van der Waals surface area contributed by atoms with Gasteiger partial charge in [0.1, 0.15) is 0 Å². The fourth-order valence-electron chi connectivity index (χ4n) is 3.40. The lowest BCUT2D eigenvalue weighted by Crippen LogP contribution is -2.25. The molecule has 118 valence electrons. The molecule has 3 heteroatoms. The van der Waals surface area contributed by atoms with Crippen LogP contribution in [0.2, 0.25) is 0 Å². The van der Waals surface area contributed by atoms with Crippen molar-refractivity contribution in [2.24, 2.45) is 0 Å². The maximum Gasteiger partial charge on any atom is 0.259 e. The topological polar surface area (TPSA) is 37.4 Å². The monoisotopic (exact) mass is 315 g/mol. The summed E-state index contributed by atoms with van der Waals surface area (Å²) in [6.45, 7) is 2.39. The lowest BCUT2D eigenvalue weighted by molar-refractivity contribution is 0.0982. The number of amides is 1. The van der Waals surface area contributed by atoms with Crippen molar-refractivity contribution in [3.63, 3.8) is 0 Å². The van der Waals surface area contributed by atoms with Gasteiger partial charge in [0.2, 0.25) is 0 Å². The molecule has 0 saturated carbocycles. The Bertz CT molecular complexity index is 960. The van der Waals surface area contributed by atoms with Crippen LogP contribution in [0.25, 0.3) is 10.8 Å². The van der Waals surface area contributed by atoms with Gasteiger partial charge in [0, 0.05) is 22.9 Å². The Hall–Kier alpha value is -2.94. The van der Waals surface area contributed by atoms with E-state index >= 15 is 0 Å². The number of Topliss-reactive ketones (excluding diaryl/α,β-unsaturated/α-hetero) is 1. The average Bonchev–Trinajstić information content (AvgIpc) is 2.90. The summed E-state index contributed by atoms with van der Waals surface area (Å²) in [6.07, 6.45) is 0.459. The molecule has 3 nitrogen and oxygen atoms in total. The molecule has 24 heavy (non-hydrogen) atoms. The second kappa shape index (κ2) is 5.60. The quantitative estimate of drug-likeness (QED) is 0.660. The summed E-state index contributed by atoms with van der Waals surface area (Å²) in [4.78, 5) is 26.9. The van der Waals surface area contributed by atoms with Crippen LogP contribution in [0.5, 0.6) is 0 Å². The molecule has 3 aromatic carbocycles. The molecule has 0 radical (unpaired) electrons. The zero-order chi connectivity index (χ0) is 16.7. The average molecular weight is 315 g/mol. The summed E-state index contributed by atoms with van der Waals surface area (Å²) in [5.41, 5.74) is 3.36. The highest BCUT2D eigenvalue weighted by molar-refractivity contribution is 6.27. The molecule has 0 aliphatic carbocycles. The van der Waals surface area contributed by atoms with Crippen LogP contribution in [-0.4, -0.2) is 11.7 Å². The fraction of sp³-hybridized carbons (Fsp3) is 0.143. The summed E-state index contributed by atoms with van der Waals surface area (Å²) in [6, 6.07) is 19.3. The maximum absolute atomic E-state index is 12.9. The SMILES string of the molecule is CCC(=O)c1ccc2c3c(cccc13)C(=O)N2Cc1ccccc1. The van der Waals surface area contributed by atoms with Crippen LogP contribution in [0.4, 0.5) is 5.69 Å². The number of anilines is 1. The molecule has 1 aliphatic heterocycles. The Morgan fingerprint density at radius 1 is 0.958 bits per heavy atom. The van der Waals surface area contributed by atoms with Gasteiger partial charge in [-0.3, -0.25) is 9.59 Å². The van der Waals surface area contributed by atoms with Gasteiger partial charge in [0.05, 0.1) is 12.2 Å². The first-order valence-electron chi connectivity index (χ1n) is 8.15. The van der Waals surface area contributed by atoms with Gasteiger partial charge < -0.3 is 4.90 Å². The number of carbonyl (C=O) groups excluding carboxylic acids is 2. The van der Waals surface area contributed by atoms with E-state index in [1.807, 2.05) is 67.6 Å². The predicted octanol–water partition coefficient (Wildman–Crippen LogP) is 4.59. The molecular weight excluding hydrogens is 298 g/mol. The minimum atomic E-state index is 0.000510. The van der Waals surface area contributed by atoms with Crippen molar-refractivity contribution in [3.05, 3.63) is 77.4 Å². The smallest absolute Gasteiger partial charge is 0.259 e. The second-order valence-electron chi connectivity index (χ2n) is 6.01. The van der Waals surface area contributed by atoms with E-state index < -0.39 is 0 Å². The molecular formula is C21H17NO2. The number of hydrogen-bond acceptors (Lipinski definition) is 2. The molecule has 0 unspecified atom stereocenters. The second-order valence-corrected chi connectivity index (χ2v) is 6.01. The largest absolute Gasteiger partial charge is 0.303 e. The molecule has 0 N–H and O–H groups in total. The van der Waals surface area contributed by atoms with Gasteiger partial charge in [0.25, 0.3) is 5.91 Å². The number of benzene rings is 3. The first kappa shape index (κ1) is 14.6. The van der Waals surface area contributed by atoms with Crippen LogP contribution < -0.4 is 4.90 Å². The normalized spacial score (nSPS) is 12.9.